The fourth-order valence-corrected chi connectivity index (χ4v) is 3.01. The topological polar surface area (TPSA) is 57.3 Å². The van der Waals surface area contributed by atoms with Crippen LogP contribution in [-0.4, -0.2) is 30.5 Å². The van der Waals surface area contributed by atoms with Crippen molar-refractivity contribution in [1.82, 2.24) is 10.3 Å². The number of hydrogen-bond donors (Lipinski definition) is 2. The molecule has 2 aromatic rings. The van der Waals surface area contributed by atoms with E-state index in [1.54, 1.807) is 12.4 Å². The number of hydrogen-bond acceptors (Lipinski definition) is 4. The molecule has 0 unspecified atom stereocenters. The van der Waals surface area contributed by atoms with Gasteiger partial charge < -0.3 is 15.5 Å². The summed E-state index contributed by atoms with van der Waals surface area (Å²) in [6.45, 7) is 5.35. The minimum atomic E-state index is -0.0297. The largest absolute Gasteiger partial charge is 0.376 e. The Hall–Kier alpha value is -2.56. The second-order valence-electron chi connectivity index (χ2n) is 6.71. The van der Waals surface area contributed by atoms with Crippen molar-refractivity contribution in [2.45, 2.75) is 26.3 Å². The second-order valence-corrected chi connectivity index (χ2v) is 6.71. The lowest BCUT2D eigenvalue weighted by Gasteiger charge is -2.32. The summed E-state index contributed by atoms with van der Waals surface area (Å²) in [5, 5.41) is 6.06. The van der Waals surface area contributed by atoms with Gasteiger partial charge in [0.15, 0.2) is 0 Å². The number of carbonyl (C=O) groups is 1. The first-order valence-electron chi connectivity index (χ1n) is 8.95. The van der Waals surface area contributed by atoms with Crippen LogP contribution in [0.3, 0.4) is 0 Å². The highest BCUT2D eigenvalue weighted by atomic mass is 16.1. The summed E-state index contributed by atoms with van der Waals surface area (Å²) < 4.78 is 0. The molecule has 25 heavy (non-hydrogen) atoms. The molecule has 1 amide bonds. The van der Waals surface area contributed by atoms with Crippen LogP contribution in [0.25, 0.3) is 0 Å². The fraction of sp³-hybridized carbons (Fsp3) is 0.400. The van der Waals surface area contributed by atoms with Crippen molar-refractivity contribution < 1.29 is 4.79 Å². The molecule has 1 aromatic heterocycles. The van der Waals surface area contributed by atoms with Gasteiger partial charge in [-0.1, -0.05) is 13.0 Å². The molecule has 5 heteroatoms. The van der Waals surface area contributed by atoms with Gasteiger partial charge >= 0.3 is 0 Å². The molecule has 1 saturated heterocycles. The minimum absolute atomic E-state index is 0.0297. The van der Waals surface area contributed by atoms with Crippen molar-refractivity contribution in [3.05, 3.63) is 54.4 Å². The van der Waals surface area contributed by atoms with Crippen LogP contribution in [0.1, 0.15) is 25.3 Å². The van der Waals surface area contributed by atoms with E-state index in [0.29, 0.717) is 6.54 Å². The standard InChI is InChI=1S/C20H26N4O/c1-16-8-11-24(12-9-16)19-6-4-18(5-7-19)22-15-20(25)23-14-17-3-2-10-21-13-17/h2-7,10,13,16,22H,8-9,11-12,14-15H2,1H3,(H,23,25). The predicted octanol–water partition coefficient (Wildman–Crippen LogP) is 3.05. The van der Waals surface area contributed by atoms with Crippen LogP contribution in [0.15, 0.2) is 48.8 Å². The summed E-state index contributed by atoms with van der Waals surface area (Å²) in [4.78, 5) is 18.4. The molecule has 2 N–H and O–H groups in total. The third-order valence-corrected chi connectivity index (χ3v) is 4.68. The van der Waals surface area contributed by atoms with Crippen molar-refractivity contribution in [2.75, 3.05) is 29.9 Å². The van der Waals surface area contributed by atoms with Crippen LogP contribution < -0.4 is 15.5 Å². The van der Waals surface area contributed by atoms with Gasteiger partial charge in [0.25, 0.3) is 0 Å². The number of pyridine rings is 1. The number of benzene rings is 1. The van der Waals surface area contributed by atoms with Gasteiger partial charge in [-0.2, -0.15) is 0 Å². The quantitative estimate of drug-likeness (QED) is 0.850. The van der Waals surface area contributed by atoms with E-state index in [9.17, 15) is 4.79 Å². The van der Waals surface area contributed by atoms with Crippen LogP contribution in [0, 0.1) is 5.92 Å². The van der Waals surface area contributed by atoms with E-state index in [1.807, 2.05) is 24.3 Å². The fourth-order valence-electron chi connectivity index (χ4n) is 3.01. The highest BCUT2D eigenvalue weighted by Crippen LogP contribution is 2.24. The number of anilines is 2. The lowest BCUT2D eigenvalue weighted by atomic mass is 9.99. The Balaban J connectivity index is 1.43. The van der Waals surface area contributed by atoms with Gasteiger partial charge in [0.2, 0.25) is 5.91 Å². The maximum Gasteiger partial charge on any atom is 0.239 e. The highest BCUT2D eigenvalue weighted by molar-refractivity contribution is 5.80. The number of nitrogens with one attached hydrogen (secondary N) is 2. The maximum absolute atomic E-state index is 11.9. The van der Waals surface area contributed by atoms with Crippen LogP contribution in [0.2, 0.25) is 0 Å². The van der Waals surface area contributed by atoms with E-state index in [4.69, 9.17) is 0 Å². The zero-order valence-electron chi connectivity index (χ0n) is 14.7. The van der Waals surface area contributed by atoms with E-state index < -0.39 is 0 Å². The molecule has 0 bridgehead atoms. The summed E-state index contributed by atoms with van der Waals surface area (Å²) in [6.07, 6.45) is 6.00. The predicted molar refractivity (Wildman–Crippen MR) is 102 cm³/mol. The maximum atomic E-state index is 11.9. The van der Waals surface area contributed by atoms with Gasteiger partial charge in [-0.3, -0.25) is 9.78 Å². The molecule has 1 fully saturated rings. The Bertz CT molecular complexity index is 664. The van der Waals surface area contributed by atoms with Gasteiger partial charge in [-0.05, 0) is 54.7 Å². The third-order valence-electron chi connectivity index (χ3n) is 4.68. The van der Waals surface area contributed by atoms with Crippen LogP contribution in [-0.2, 0) is 11.3 Å². The van der Waals surface area contributed by atoms with Crippen LogP contribution in [0.5, 0.6) is 0 Å². The van der Waals surface area contributed by atoms with Gasteiger partial charge in [0.05, 0.1) is 6.54 Å². The van der Waals surface area contributed by atoms with Crippen molar-refractivity contribution >= 4 is 17.3 Å². The molecule has 5 nitrogen and oxygen atoms in total. The Labute approximate surface area is 149 Å². The highest BCUT2D eigenvalue weighted by Gasteiger charge is 2.15. The van der Waals surface area contributed by atoms with Crippen molar-refractivity contribution in [3.8, 4) is 0 Å². The number of aromatic nitrogens is 1. The second kappa shape index (κ2) is 8.51. The first kappa shape index (κ1) is 17.3. The Morgan fingerprint density at radius 3 is 2.64 bits per heavy atom. The number of amides is 1. The van der Waals surface area contributed by atoms with Gasteiger partial charge in [0.1, 0.15) is 0 Å². The lowest BCUT2D eigenvalue weighted by Crippen LogP contribution is -2.32. The first-order chi connectivity index (χ1) is 12.2. The van der Waals surface area contributed by atoms with E-state index in [2.05, 4.69) is 39.6 Å². The molecule has 0 aliphatic carbocycles. The number of piperidine rings is 1. The van der Waals surface area contributed by atoms with Crippen molar-refractivity contribution in [3.63, 3.8) is 0 Å². The zero-order chi connectivity index (χ0) is 17.5. The molecule has 0 radical (unpaired) electrons. The zero-order valence-corrected chi connectivity index (χ0v) is 14.7. The smallest absolute Gasteiger partial charge is 0.239 e. The molecule has 1 aliphatic rings. The van der Waals surface area contributed by atoms with E-state index >= 15 is 0 Å². The molecule has 0 saturated carbocycles. The molecule has 0 atom stereocenters. The summed E-state index contributed by atoms with van der Waals surface area (Å²) in [7, 11) is 0. The van der Waals surface area contributed by atoms with E-state index in [0.717, 1.165) is 30.3 Å². The van der Waals surface area contributed by atoms with Gasteiger partial charge in [0, 0.05) is 43.4 Å². The minimum Gasteiger partial charge on any atom is -0.376 e. The third kappa shape index (κ3) is 5.21. The van der Waals surface area contributed by atoms with Gasteiger partial charge in [-0.15, -0.1) is 0 Å². The number of carbonyl (C=O) groups excluding carboxylic acids is 1. The summed E-state index contributed by atoms with van der Waals surface area (Å²) in [6, 6.07) is 12.2. The lowest BCUT2D eigenvalue weighted by molar-refractivity contribution is -0.119. The monoisotopic (exact) mass is 338 g/mol. The molecule has 0 spiro atoms. The Morgan fingerprint density at radius 1 is 1.20 bits per heavy atom. The molecular formula is C20H26N4O. The van der Waals surface area contributed by atoms with E-state index in [-0.39, 0.29) is 12.5 Å². The summed E-state index contributed by atoms with van der Waals surface area (Å²) >= 11 is 0. The Morgan fingerprint density at radius 2 is 1.96 bits per heavy atom. The molecule has 132 valence electrons. The average molecular weight is 338 g/mol. The normalized spacial score (nSPS) is 15.0. The number of rotatable bonds is 6. The van der Waals surface area contributed by atoms with E-state index in [1.165, 1.54) is 18.5 Å². The average Bonchev–Trinajstić information content (AvgIpc) is 2.67. The molecular weight excluding hydrogens is 312 g/mol. The molecule has 3 rings (SSSR count). The van der Waals surface area contributed by atoms with Crippen LogP contribution >= 0.6 is 0 Å². The summed E-state index contributed by atoms with van der Waals surface area (Å²) in [5.41, 5.74) is 3.22. The van der Waals surface area contributed by atoms with Crippen molar-refractivity contribution in [1.29, 1.82) is 0 Å². The molecule has 1 aromatic carbocycles. The van der Waals surface area contributed by atoms with Crippen LogP contribution in [0.4, 0.5) is 11.4 Å². The first-order valence-corrected chi connectivity index (χ1v) is 8.95. The number of nitrogens with zero attached hydrogens (tertiary/aromatic N) is 2. The van der Waals surface area contributed by atoms with Crippen molar-refractivity contribution in [2.24, 2.45) is 5.92 Å². The molecule has 1 aliphatic heterocycles. The Kier molecular flexibility index (Phi) is 5.88. The van der Waals surface area contributed by atoms with Gasteiger partial charge in [-0.25, -0.2) is 0 Å². The summed E-state index contributed by atoms with van der Waals surface area (Å²) in [5.74, 6) is 0.806. The SMILES string of the molecule is CC1CCN(c2ccc(NCC(=O)NCc3cccnc3)cc2)CC1. The molecule has 2 heterocycles.